The maximum atomic E-state index is 11.7. The van der Waals surface area contributed by atoms with Crippen molar-refractivity contribution in [3.8, 4) is 0 Å². The zero-order valence-corrected chi connectivity index (χ0v) is 10.1. The first-order valence-electron chi connectivity index (χ1n) is 5.35. The topological polar surface area (TPSA) is 74.6 Å². The summed E-state index contributed by atoms with van der Waals surface area (Å²) in [5.74, 6) is 0.191. The van der Waals surface area contributed by atoms with E-state index in [-0.39, 0.29) is 24.9 Å². The lowest BCUT2D eigenvalue weighted by Gasteiger charge is -2.28. The molecule has 0 amide bonds. The second-order valence-electron chi connectivity index (χ2n) is 4.59. The van der Waals surface area contributed by atoms with E-state index in [1.165, 1.54) is 0 Å². The van der Waals surface area contributed by atoms with Gasteiger partial charge in [-0.3, -0.25) is 0 Å². The fraction of sp³-hybridized carbons (Fsp3) is 1.00. The number of aliphatic hydroxyl groups excluding tert-OH is 2. The Morgan fingerprint density at radius 3 is 2.20 bits per heavy atom. The minimum absolute atomic E-state index is 0.0545. The molecule has 90 valence electrons. The highest BCUT2D eigenvalue weighted by Gasteiger charge is 2.47. The monoisotopic (exact) mass is 236 g/mol. The van der Waals surface area contributed by atoms with Gasteiger partial charge in [-0.15, -0.1) is 0 Å². The van der Waals surface area contributed by atoms with Crippen LogP contribution < -0.4 is 0 Å². The highest BCUT2D eigenvalue weighted by Crippen LogP contribution is 2.45. The molecule has 0 aliphatic heterocycles. The van der Waals surface area contributed by atoms with Gasteiger partial charge in [0.25, 0.3) is 0 Å². The highest BCUT2D eigenvalue weighted by molar-refractivity contribution is 7.92. The summed E-state index contributed by atoms with van der Waals surface area (Å²) in [6.45, 7) is 3.26. The van der Waals surface area contributed by atoms with Gasteiger partial charge in [-0.1, -0.05) is 13.8 Å². The van der Waals surface area contributed by atoms with Gasteiger partial charge in [0.1, 0.15) is 0 Å². The predicted octanol–water partition coefficient (Wildman–Crippen LogP) is 0.191. The SMILES string of the molecule is CCS(=O)(=O)[C@H]1C[C@H](C)C(CO)(CO)C1. The average Bonchev–Trinajstić information content (AvgIpc) is 2.57. The molecule has 0 aromatic rings. The van der Waals surface area contributed by atoms with Crippen LogP contribution in [0.25, 0.3) is 0 Å². The van der Waals surface area contributed by atoms with Crippen LogP contribution in [0, 0.1) is 11.3 Å². The zero-order valence-electron chi connectivity index (χ0n) is 9.31. The van der Waals surface area contributed by atoms with E-state index in [1.807, 2.05) is 6.92 Å². The molecule has 2 atom stereocenters. The smallest absolute Gasteiger partial charge is 0.152 e. The lowest BCUT2D eigenvalue weighted by atomic mass is 9.80. The van der Waals surface area contributed by atoms with Gasteiger partial charge >= 0.3 is 0 Å². The normalized spacial score (nSPS) is 30.7. The van der Waals surface area contributed by atoms with Crippen molar-refractivity contribution < 1.29 is 18.6 Å². The molecule has 0 aromatic heterocycles. The van der Waals surface area contributed by atoms with Crippen molar-refractivity contribution in [1.82, 2.24) is 0 Å². The summed E-state index contributed by atoms with van der Waals surface area (Å²) in [6.07, 6.45) is 0.939. The molecule has 1 rings (SSSR count). The largest absolute Gasteiger partial charge is 0.396 e. The molecule has 15 heavy (non-hydrogen) atoms. The van der Waals surface area contributed by atoms with Crippen LogP contribution in [-0.4, -0.2) is 42.8 Å². The molecule has 0 unspecified atom stereocenters. The first-order chi connectivity index (χ1) is 6.91. The Bertz CT molecular complexity index is 305. The molecule has 0 bridgehead atoms. The predicted molar refractivity (Wildman–Crippen MR) is 58.3 cm³/mol. The second kappa shape index (κ2) is 4.39. The number of hydrogen-bond donors (Lipinski definition) is 2. The molecule has 1 saturated carbocycles. The van der Waals surface area contributed by atoms with Crippen molar-refractivity contribution in [3.63, 3.8) is 0 Å². The van der Waals surface area contributed by atoms with E-state index in [9.17, 15) is 18.6 Å². The van der Waals surface area contributed by atoms with E-state index in [4.69, 9.17) is 0 Å². The number of aliphatic hydroxyl groups is 2. The fourth-order valence-corrected chi connectivity index (χ4v) is 4.02. The van der Waals surface area contributed by atoms with Crippen molar-refractivity contribution in [1.29, 1.82) is 0 Å². The van der Waals surface area contributed by atoms with E-state index in [1.54, 1.807) is 6.92 Å². The molecule has 2 N–H and O–H groups in total. The van der Waals surface area contributed by atoms with Gasteiger partial charge in [-0.2, -0.15) is 0 Å². The first kappa shape index (κ1) is 12.9. The summed E-state index contributed by atoms with van der Waals surface area (Å²) in [5.41, 5.74) is -0.604. The molecule has 0 saturated heterocycles. The summed E-state index contributed by atoms with van der Waals surface area (Å²) < 4.78 is 23.4. The van der Waals surface area contributed by atoms with E-state index < -0.39 is 20.5 Å². The standard InChI is InChI=1S/C10H20O4S/c1-3-15(13,14)9-4-8(2)10(5-9,6-11)7-12/h8-9,11-12H,3-7H2,1-2H3/t8-,9-/m0/s1. The second-order valence-corrected chi connectivity index (χ2v) is 7.16. The molecule has 5 heteroatoms. The van der Waals surface area contributed by atoms with Crippen molar-refractivity contribution in [2.75, 3.05) is 19.0 Å². The van der Waals surface area contributed by atoms with Crippen LogP contribution >= 0.6 is 0 Å². The van der Waals surface area contributed by atoms with Crippen molar-refractivity contribution in [2.24, 2.45) is 11.3 Å². The molecule has 1 aliphatic rings. The molecule has 0 radical (unpaired) electrons. The molecule has 1 fully saturated rings. The van der Waals surface area contributed by atoms with Crippen LogP contribution in [0.15, 0.2) is 0 Å². The quantitative estimate of drug-likeness (QED) is 0.731. The van der Waals surface area contributed by atoms with Gasteiger partial charge in [-0.05, 0) is 18.8 Å². The van der Waals surface area contributed by atoms with Crippen LogP contribution in [0.4, 0.5) is 0 Å². The Kier molecular flexibility index (Phi) is 3.79. The molecule has 0 heterocycles. The molecule has 0 aromatic carbocycles. The van der Waals surface area contributed by atoms with Crippen molar-refractivity contribution in [2.45, 2.75) is 31.9 Å². The lowest BCUT2D eigenvalue weighted by molar-refractivity contribution is 0.0287. The van der Waals surface area contributed by atoms with Gasteiger partial charge < -0.3 is 10.2 Å². The first-order valence-corrected chi connectivity index (χ1v) is 7.06. The van der Waals surface area contributed by atoms with Crippen LogP contribution in [0.3, 0.4) is 0 Å². The van der Waals surface area contributed by atoms with Gasteiger partial charge in [0.2, 0.25) is 0 Å². The summed E-state index contributed by atoms with van der Waals surface area (Å²) in [7, 11) is -3.04. The molecular weight excluding hydrogens is 216 g/mol. The van der Waals surface area contributed by atoms with Crippen LogP contribution in [0.5, 0.6) is 0 Å². The Morgan fingerprint density at radius 1 is 1.33 bits per heavy atom. The number of rotatable bonds is 4. The van der Waals surface area contributed by atoms with Gasteiger partial charge in [0, 0.05) is 11.2 Å². The van der Waals surface area contributed by atoms with Crippen LogP contribution in [0.2, 0.25) is 0 Å². The van der Waals surface area contributed by atoms with Gasteiger partial charge in [-0.25, -0.2) is 8.42 Å². The van der Waals surface area contributed by atoms with E-state index >= 15 is 0 Å². The molecule has 0 spiro atoms. The molecule has 1 aliphatic carbocycles. The maximum Gasteiger partial charge on any atom is 0.152 e. The van der Waals surface area contributed by atoms with Crippen LogP contribution in [0.1, 0.15) is 26.7 Å². The summed E-state index contributed by atoms with van der Waals surface area (Å²) >= 11 is 0. The van der Waals surface area contributed by atoms with Crippen LogP contribution in [-0.2, 0) is 9.84 Å². The van der Waals surface area contributed by atoms with Gasteiger partial charge in [0.05, 0.1) is 18.5 Å². The Balaban J connectivity index is 2.89. The van der Waals surface area contributed by atoms with Gasteiger partial charge in [0.15, 0.2) is 9.84 Å². The number of sulfone groups is 1. The van der Waals surface area contributed by atoms with E-state index in [0.717, 1.165) is 0 Å². The third-order valence-electron chi connectivity index (χ3n) is 3.84. The zero-order chi connectivity index (χ0) is 11.7. The fourth-order valence-electron chi connectivity index (χ4n) is 2.38. The summed E-state index contributed by atoms with van der Waals surface area (Å²) in [5, 5.41) is 18.2. The molecule has 4 nitrogen and oxygen atoms in total. The summed E-state index contributed by atoms with van der Waals surface area (Å²) in [6, 6.07) is 0. The minimum atomic E-state index is -3.04. The highest BCUT2D eigenvalue weighted by atomic mass is 32.2. The van der Waals surface area contributed by atoms with E-state index in [2.05, 4.69) is 0 Å². The minimum Gasteiger partial charge on any atom is -0.396 e. The maximum absolute atomic E-state index is 11.7. The Hall–Kier alpha value is -0.130. The summed E-state index contributed by atoms with van der Waals surface area (Å²) in [4.78, 5) is 0. The van der Waals surface area contributed by atoms with Crippen molar-refractivity contribution in [3.05, 3.63) is 0 Å². The Morgan fingerprint density at radius 2 is 1.87 bits per heavy atom. The van der Waals surface area contributed by atoms with E-state index in [0.29, 0.717) is 12.8 Å². The third-order valence-corrected chi connectivity index (χ3v) is 6.02. The average molecular weight is 236 g/mol. The lowest BCUT2D eigenvalue weighted by Crippen LogP contribution is -2.33. The van der Waals surface area contributed by atoms with Crippen molar-refractivity contribution >= 4 is 9.84 Å². The Labute approximate surface area is 91.2 Å². The molecular formula is C10H20O4S. The third kappa shape index (κ3) is 2.19. The number of hydrogen-bond acceptors (Lipinski definition) is 4.